The Morgan fingerprint density at radius 3 is 2.75 bits per heavy atom. The average molecular weight is 331 g/mol. The number of carbonyl (C=O) groups excluding carboxylic acids is 1. The molecule has 2 aromatic rings. The van der Waals surface area contributed by atoms with E-state index in [0.717, 1.165) is 25.7 Å². The van der Waals surface area contributed by atoms with Crippen LogP contribution in [0.1, 0.15) is 44.1 Å². The number of hydrogen-bond acceptors (Lipinski definition) is 4. The number of rotatable bonds is 6. The third-order valence-electron chi connectivity index (χ3n) is 4.77. The first-order valence-corrected chi connectivity index (χ1v) is 8.38. The highest BCUT2D eigenvalue weighted by Crippen LogP contribution is 2.40. The maximum absolute atomic E-state index is 13.6. The molecule has 1 fully saturated rings. The summed E-state index contributed by atoms with van der Waals surface area (Å²) in [6.07, 6.45) is 7.41. The Morgan fingerprint density at radius 2 is 2.04 bits per heavy atom. The summed E-state index contributed by atoms with van der Waals surface area (Å²) in [5.74, 6) is -0.341. The average Bonchev–Trinajstić information content (AvgIpc) is 3.07. The van der Waals surface area contributed by atoms with Crippen LogP contribution in [0.4, 0.5) is 4.39 Å². The summed E-state index contributed by atoms with van der Waals surface area (Å²) in [7, 11) is 0. The van der Waals surface area contributed by atoms with Crippen molar-refractivity contribution < 1.29 is 9.18 Å². The first kappa shape index (κ1) is 16.5. The summed E-state index contributed by atoms with van der Waals surface area (Å²) in [4.78, 5) is 12.4. The fourth-order valence-corrected chi connectivity index (χ4v) is 3.53. The molecule has 0 saturated heterocycles. The van der Waals surface area contributed by atoms with Gasteiger partial charge in [0, 0.05) is 18.5 Å². The van der Waals surface area contributed by atoms with Crippen molar-refractivity contribution in [2.45, 2.75) is 51.6 Å². The van der Waals surface area contributed by atoms with Crippen molar-refractivity contribution in [2.75, 3.05) is 0 Å². The molecule has 0 aliphatic heterocycles. The predicted octanol–water partition coefficient (Wildman–Crippen LogP) is 2.47. The second kappa shape index (κ2) is 7.51. The molecule has 7 heteroatoms. The van der Waals surface area contributed by atoms with Crippen LogP contribution in [0.5, 0.6) is 0 Å². The summed E-state index contributed by atoms with van der Waals surface area (Å²) < 4.78 is 15.4. The molecule has 24 heavy (non-hydrogen) atoms. The van der Waals surface area contributed by atoms with Crippen molar-refractivity contribution in [1.29, 1.82) is 0 Å². The van der Waals surface area contributed by atoms with Gasteiger partial charge in [-0.15, -0.1) is 5.10 Å². The van der Waals surface area contributed by atoms with Crippen LogP contribution in [0, 0.1) is 11.2 Å². The van der Waals surface area contributed by atoms with E-state index >= 15 is 0 Å². The van der Waals surface area contributed by atoms with Crippen LogP contribution in [-0.4, -0.2) is 26.1 Å². The number of carbonyl (C=O) groups is 1. The van der Waals surface area contributed by atoms with Crippen molar-refractivity contribution in [3.63, 3.8) is 0 Å². The first-order chi connectivity index (χ1) is 11.7. The Balaban J connectivity index is 1.61. The first-order valence-electron chi connectivity index (χ1n) is 8.38. The predicted molar refractivity (Wildman–Crippen MR) is 86.2 cm³/mol. The smallest absolute Gasteiger partial charge is 0.220 e. The lowest BCUT2D eigenvalue weighted by Crippen LogP contribution is -2.36. The minimum absolute atomic E-state index is 0.0479. The number of benzene rings is 1. The SMILES string of the molecule is O=C(CC1(Cn2cnnn2)CCCCC1)NCc1ccccc1F. The minimum atomic E-state index is -0.293. The van der Waals surface area contributed by atoms with Crippen LogP contribution in [0.15, 0.2) is 30.6 Å². The molecule has 1 saturated carbocycles. The molecule has 1 N–H and O–H groups in total. The molecule has 1 aromatic heterocycles. The molecule has 1 amide bonds. The molecule has 0 spiro atoms. The van der Waals surface area contributed by atoms with Gasteiger partial charge >= 0.3 is 0 Å². The van der Waals surface area contributed by atoms with E-state index in [1.807, 2.05) is 0 Å². The number of nitrogens with zero attached hydrogens (tertiary/aromatic N) is 4. The molecular formula is C17H22FN5O. The fraction of sp³-hybridized carbons (Fsp3) is 0.529. The van der Waals surface area contributed by atoms with Gasteiger partial charge in [-0.25, -0.2) is 9.07 Å². The molecular weight excluding hydrogens is 309 g/mol. The van der Waals surface area contributed by atoms with Crippen LogP contribution in [0.25, 0.3) is 0 Å². The number of hydrogen-bond donors (Lipinski definition) is 1. The summed E-state index contributed by atoms with van der Waals surface area (Å²) in [6.45, 7) is 0.861. The van der Waals surface area contributed by atoms with Crippen molar-refractivity contribution in [1.82, 2.24) is 25.5 Å². The van der Waals surface area contributed by atoms with Crippen molar-refractivity contribution in [3.05, 3.63) is 42.0 Å². The Kier molecular flexibility index (Phi) is 5.17. The van der Waals surface area contributed by atoms with Gasteiger partial charge in [0.05, 0.1) is 6.54 Å². The van der Waals surface area contributed by atoms with E-state index in [4.69, 9.17) is 0 Å². The second-order valence-electron chi connectivity index (χ2n) is 6.61. The van der Waals surface area contributed by atoms with E-state index in [9.17, 15) is 9.18 Å². The Morgan fingerprint density at radius 1 is 1.25 bits per heavy atom. The highest BCUT2D eigenvalue weighted by molar-refractivity contribution is 5.76. The number of amides is 1. The highest BCUT2D eigenvalue weighted by Gasteiger charge is 2.35. The zero-order valence-electron chi connectivity index (χ0n) is 13.6. The zero-order valence-corrected chi connectivity index (χ0v) is 13.6. The third-order valence-corrected chi connectivity index (χ3v) is 4.77. The van der Waals surface area contributed by atoms with Crippen LogP contribution in [-0.2, 0) is 17.9 Å². The summed E-state index contributed by atoms with van der Waals surface area (Å²) >= 11 is 0. The maximum atomic E-state index is 13.6. The van der Waals surface area contributed by atoms with E-state index in [1.54, 1.807) is 29.2 Å². The largest absolute Gasteiger partial charge is 0.352 e. The maximum Gasteiger partial charge on any atom is 0.220 e. The van der Waals surface area contributed by atoms with Crippen LogP contribution >= 0.6 is 0 Å². The molecule has 6 nitrogen and oxygen atoms in total. The minimum Gasteiger partial charge on any atom is -0.352 e. The lowest BCUT2D eigenvalue weighted by atomic mass is 9.71. The Hall–Kier alpha value is -2.31. The molecule has 0 unspecified atom stereocenters. The lowest BCUT2D eigenvalue weighted by molar-refractivity contribution is -0.124. The summed E-state index contributed by atoms with van der Waals surface area (Å²) in [5, 5.41) is 14.1. The standard InChI is InChI=1S/C17H22FN5O/c18-15-7-3-2-6-14(15)11-19-16(24)10-17(8-4-1-5-9-17)12-23-13-20-21-22-23/h2-3,6-7,13H,1,4-5,8-12H2,(H,19,24). The molecule has 1 aromatic carbocycles. The van der Waals surface area contributed by atoms with E-state index in [-0.39, 0.29) is 23.7 Å². The van der Waals surface area contributed by atoms with Crippen LogP contribution in [0.2, 0.25) is 0 Å². The summed E-state index contributed by atoms with van der Waals surface area (Å²) in [6, 6.07) is 6.50. The third kappa shape index (κ3) is 4.15. The topological polar surface area (TPSA) is 72.7 Å². The molecule has 1 aliphatic carbocycles. The zero-order chi connectivity index (χ0) is 16.8. The van der Waals surface area contributed by atoms with Crippen LogP contribution in [0.3, 0.4) is 0 Å². The van der Waals surface area contributed by atoms with Gasteiger partial charge in [0.15, 0.2) is 0 Å². The number of nitrogens with one attached hydrogen (secondary N) is 1. The van der Waals surface area contributed by atoms with E-state index in [2.05, 4.69) is 20.8 Å². The molecule has 3 rings (SSSR count). The fourth-order valence-electron chi connectivity index (χ4n) is 3.53. The van der Waals surface area contributed by atoms with Gasteiger partial charge < -0.3 is 5.32 Å². The van der Waals surface area contributed by atoms with Gasteiger partial charge in [0.2, 0.25) is 5.91 Å². The quantitative estimate of drug-likeness (QED) is 0.882. The molecule has 0 atom stereocenters. The van der Waals surface area contributed by atoms with Gasteiger partial charge in [-0.05, 0) is 34.7 Å². The van der Waals surface area contributed by atoms with Crippen molar-refractivity contribution in [3.8, 4) is 0 Å². The van der Waals surface area contributed by atoms with Crippen molar-refractivity contribution in [2.24, 2.45) is 5.41 Å². The highest BCUT2D eigenvalue weighted by atomic mass is 19.1. The van der Waals surface area contributed by atoms with E-state index in [1.165, 1.54) is 12.5 Å². The molecule has 0 radical (unpaired) electrons. The lowest BCUT2D eigenvalue weighted by Gasteiger charge is -2.36. The molecule has 1 aliphatic rings. The van der Waals surface area contributed by atoms with Gasteiger partial charge in [0.1, 0.15) is 12.1 Å². The van der Waals surface area contributed by atoms with Crippen LogP contribution < -0.4 is 5.32 Å². The number of tetrazole rings is 1. The second-order valence-corrected chi connectivity index (χ2v) is 6.61. The van der Waals surface area contributed by atoms with E-state index in [0.29, 0.717) is 18.5 Å². The van der Waals surface area contributed by atoms with Crippen molar-refractivity contribution >= 4 is 5.91 Å². The molecule has 1 heterocycles. The van der Waals surface area contributed by atoms with Gasteiger partial charge in [-0.2, -0.15) is 0 Å². The Bertz CT molecular complexity index is 667. The molecule has 128 valence electrons. The number of aromatic nitrogens is 4. The normalized spacial score (nSPS) is 16.7. The summed E-state index contributed by atoms with van der Waals surface area (Å²) in [5.41, 5.74) is 0.386. The molecule has 0 bridgehead atoms. The van der Waals surface area contributed by atoms with E-state index < -0.39 is 0 Å². The van der Waals surface area contributed by atoms with Gasteiger partial charge in [0.25, 0.3) is 0 Å². The monoisotopic (exact) mass is 331 g/mol. The van der Waals surface area contributed by atoms with Gasteiger partial charge in [-0.3, -0.25) is 4.79 Å². The Labute approximate surface area is 140 Å². The van der Waals surface area contributed by atoms with Gasteiger partial charge in [-0.1, -0.05) is 37.5 Å². The number of halogens is 1.